The van der Waals surface area contributed by atoms with Crippen molar-refractivity contribution in [2.24, 2.45) is 23.5 Å². The standard InChI is InChI=1S/C17H25FN2/c1-11(19)17-15(18)4-3-5-16(17)20(2)10-14-9-12-6-7-13(14)8-12/h3-5,11-14H,6-10,19H2,1-2H3. The van der Waals surface area contributed by atoms with Gasteiger partial charge in [-0.05, 0) is 56.1 Å². The number of fused-ring (bicyclic) bond motifs is 2. The Labute approximate surface area is 121 Å². The summed E-state index contributed by atoms with van der Waals surface area (Å²) in [6.45, 7) is 2.89. The first-order valence-corrected chi connectivity index (χ1v) is 7.81. The van der Waals surface area contributed by atoms with Gasteiger partial charge in [-0.1, -0.05) is 12.5 Å². The molecule has 110 valence electrons. The van der Waals surface area contributed by atoms with Crippen LogP contribution in [0.5, 0.6) is 0 Å². The zero-order chi connectivity index (χ0) is 14.3. The van der Waals surface area contributed by atoms with Crippen LogP contribution in [0.25, 0.3) is 0 Å². The third-order valence-electron chi connectivity index (χ3n) is 5.29. The molecule has 0 radical (unpaired) electrons. The summed E-state index contributed by atoms with van der Waals surface area (Å²) in [5.74, 6) is 2.45. The van der Waals surface area contributed by atoms with E-state index in [2.05, 4.69) is 11.9 Å². The maximum atomic E-state index is 14.0. The van der Waals surface area contributed by atoms with Crippen molar-refractivity contribution in [3.63, 3.8) is 0 Å². The number of nitrogens with zero attached hydrogens (tertiary/aromatic N) is 1. The Hall–Kier alpha value is -1.09. The molecule has 0 amide bonds. The van der Waals surface area contributed by atoms with Crippen molar-refractivity contribution in [3.8, 4) is 0 Å². The number of anilines is 1. The number of rotatable bonds is 4. The van der Waals surface area contributed by atoms with Gasteiger partial charge in [0.05, 0.1) is 0 Å². The first-order chi connectivity index (χ1) is 9.56. The first-order valence-electron chi connectivity index (χ1n) is 7.81. The molecule has 2 aliphatic rings. The minimum absolute atomic E-state index is 0.183. The smallest absolute Gasteiger partial charge is 0.130 e. The summed E-state index contributed by atoms with van der Waals surface area (Å²) in [5, 5.41) is 0. The average Bonchev–Trinajstić information content (AvgIpc) is 3.00. The highest BCUT2D eigenvalue weighted by molar-refractivity contribution is 5.55. The number of nitrogens with two attached hydrogens (primary N) is 1. The van der Waals surface area contributed by atoms with Crippen molar-refractivity contribution in [2.75, 3.05) is 18.5 Å². The van der Waals surface area contributed by atoms with Gasteiger partial charge in [0, 0.05) is 30.9 Å². The van der Waals surface area contributed by atoms with E-state index in [-0.39, 0.29) is 11.9 Å². The zero-order valence-electron chi connectivity index (χ0n) is 12.5. The molecule has 4 atom stereocenters. The van der Waals surface area contributed by atoms with Crippen LogP contribution in [0.2, 0.25) is 0 Å². The average molecular weight is 276 g/mol. The highest BCUT2D eigenvalue weighted by atomic mass is 19.1. The van der Waals surface area contributed by atoms with Crippen molar-refractivity contribution in [1.29, 1.82) is 0 Å². The normalized spacial score (nSPS) is 29.7. The molecule has 1 aromatic carbocycles. The Balaban J connectivity index is 1.77. The molecule has 2 bridgehead atoms. The van der Waals surface area contributed by atoms with Gasteiger partial charge in [-0.15, -0.1) is 0 Å². The number of hydrogen-bond acceptors (Lipinski definition) is 2. The van der Waals surface area contributed by atoms with Crippen LogP contribution in [-0.2, 0) is 0 Å². The minimum atomic E-state index is -0.270. The Bertz CT molecular complexity index is 486. The van der Waals surface area contributed by atoms with Gasteiger partial charge in [-0.25, -0.2) is 4.39 Å². The maximum Gasteiger partial charge on any atom is 0.130 e. The molecule has 4 unspecified atom stereocenters. The second-order valence-corrected chi connectivity index (χ2v) is 6.78. The van der Waals surface area contributed by atoms with E-state index in [0.29, 0.717) is 5.56 Å². The molecule has 2 aliphatic carbocycles. The Kier molecular flexibility index (Phi) is 3.72. The third-order valence-corrected chi connectivity index (χ3v) is 5.29. The van der Waals surface area contributed by atoms with Crippen molar-refractivity contribution < 1.29 is 4.39 Å². The SMILES string of the molecule is CC(N)c1c(F)cccc1N(C)CC1CC2CCC1C2. The molecule has 3 rings (SSSR count). The van der Waals surface area contributed by atoms with Gasteiger partial charge in [0.2, 0.25) is 0 Å². The molecule has 20 heavy (non-hydrogen) atoms. The minimum Gasteiger partial charge on any atom is -0.374 e. The summed E-state index contributed by atoms with van der Waals surface area (Å²) in [7, 11) is 2.08. The summed E-state index contributed by atoms with van der Waals surface area (Å²) < 4.78 is 14.0. The van der Waals surface area contributed by atoms with Gasteiger partial charge >= 0.3 is 0 Å². The van der Waals surface area contributed by atoms with E-state index in [1.807, 2.05) is 13.0 Å². The first kappa shape index (κ1) is 13.9. The lowest BCUT2D eigenvalue weighted by Crippen LogP contribution is -2.30. The fraction of sp³-hybridized carbons (Fsp3) is 0.647. The summed E-state index contributed by atoms with van der Waals surface area (Å²) >= 11 is 0. The van der Waals surface area contributed by atoms with Crippen LogP contribution in [0.1, 0.15) is 44.2 Å². The van der Waals surface area contributed by atoms with Crippen molar-refractivity contribution in [2.45, 2.75) is 38.6 Å². The largest absolute Gasteiger partial charge is 0.374 e. The summed E-state index contributed by atoms with van der Waals surface area (Å²) in [6, 6.07) is 5.02. The van der Waals surface area contributed by atoms with Crippen LogP contribution in [0.3, 0.4) is 0 Å². The molecule has 1 aromatic rings. The summed E-state index contributed by atoms with van der Waals surface area (Å²) in [6.07, 6.45) is 5.60. The van der Waals surface area contributed by atoms with E-state index in [1.54, 1.807) is 6.07 Å². The van der Waals surface area contributed by atoms with E-state index in [4.69, 9.17) is 5.73 Å². The van der Waals surface area contributed by atoms with Crippen LogP contribution < -0.4 is 10.6 Å². The van der Waals surface area contributed by atoms with Crippen molar-refractivity contribution >= 4 is 5.69 Å². The molecule has 0 spiro atoms. The monoisotopic (exact) mass is 276 g/mol. The van der Waals surface area contributed by atoms with E-state index in [9.17, 15) is 4.39 Å². The number of benzene rings is 1. The van der Waals surface area contributed by atoms with E-state index in [0.717, 1.165) is 30.0 Å². The second kappa shape index (κ2) is 5.36. The molecule has 0 heterocycles. The van der Waals surface area contributed by atoms with Crippen LogP contribution in [-0.4, -0.2) is 13.6 Å². The van der Waals surface area contributed by atoms with Gasteiger partial charge in [0.25, 0.3) is 0 Å². The molecular formula is C17H25FN2. The number of hydrogen-bond donors (Lipinski definition) is 1. The van der Waals surface area contributed by atoms with Crippen molar-refractivity contribution in [3.05, 3.63) is 29.6 Å². The van der Waals surface area contributed by atoms with Crippen LogP contribution in [0.15, 0.2) is 18.2 Å². The molecule has 0 saturated heterocycles. The van der Waals surface area contributed by atoms with Gasteiger partial charge < -0.3 is 10.6 Å². The quantitative estimate of drug-likeness (QED) is 0.908. The lowest BCUT2D eigenvalue weighted by Gasteiger charge is -2.30. The molecule has 2 N–H and O–H groups in total. The van der Waals surface area contributed by atoms with E-state index < -0.39 is 0 Å². The fourth-order valence-corrected chi connectivity index (χ4v) is 4.36. The van der Waals surface area contributed by atoms with E-state index >= 15 is 0 Å². The van der Waals surface area contributed by atoms with Gasteiger partial charge in [0.15, 0.2) is 0 Å². The predicted molar refractivity (Wildman–Crippen MR) is 81.2 cm³/mol. The molecular weight excluding hydrogens is 251 g/mol. The molecule has 3 heteroatoms. The molecule has 0 aromatic heterocycles. The highest BCUT2D eigenvalue weighted by Gasteiger charge is 2.39. The summed E-state index contributed by atoms with van der Waals surface area (Å²) in [4.78, 5) is 2.22. The highest BCUT2D eigenvalue weighted by Crippen LogP contribution is 2.48. The lowest BCUT2D eigenvalue weighted by molar-refractivity contribution is 0.337. The lowest BCUT2D eigenvalue weighted by atomic mass is 9.88. The second-order valence-electron chi connectivity index (χ2n) is 6.78. The Morgan fingerprint density at radius 2 is 2.15 bits per heavy atom. The van der Waals surface area contributed by atoms with Crippen LogP contribution in [0.4, 0.5) is 10.1 Å². The van der Waals surface area contributed by atoms with Gasteiger partial charge in [-0.2, -0.15) is 0 Å². The van der Waals surface area contributed by atoms with Crippen molar-refractivity contribution in [1.82, 2.24) is 0 Å². The van der Waals surface area contributed by atoms with Crippen LogP contribution in [0, 0.1) is 23.6 Å². The topological polar surface area (TPSA) is 29.3 Å². The maximum absolute atomic E-state index is 14.0. The zero-order valence-corrected chi connectivity index (χ0v) is 12.5. The summed E-state index contributed by atoms with van der Waals surface area (Å²) in [5.41, 5.74) is 7.57. The molecule has 2 fully saturated rings. The van der Waals surface area contributed by atoms with Gasteiger partial charge in [-0.3, -0.25) is 0 Å². The molecule has 2 nitrogen and oxygen atoms in total. The predicted octanol–water partition coefficient (Wildman–Crippen LogP) is 3.72. The van der Waals surface area contributed by atoms with E-state index in [1.165, 1.54) is 31.7 Å². The molecule has 2 saturated carbocycles. The molecule has 0 aliphatic heterocycles. The van der Waals surface area contributed by atoms with Gasteiger partial charge in [0.1, 0.15) is 5.82 Å². The number of halogens is 1. The third kappa shape index (κ3) is 2.44. The Morgan fingerprint density at radius 3 is 2.75 bits per heavy atom. The Morgan fingerprint density at radius 1 is 1.35 bits per heavy atom. The fourth-order valence-electron chi connectivity index (χ4n) is 4.36. The van der Waals surface area contributed by atoms with Crippen LogP contribution >= 0.6 is 0 Å².